The van der Waals surface area contributed by atoms with E-state index in [2.05, 4.69) is 0 Å². The summed E-state index contributed by atoms with van der Waals surface area (Å²) in [5, 5.41) is 1.84. The molecule has 0 radical (unpaired) electrons. The van der Waals surface area contributed by atoms with E-state index in [0.29, 0.717) is 0 Å². The summed E-state index contributed by atoms with van der Waals surface area (Å²) in [6.45, 7) is 0. The van der Waals surface area contributed by atoms with Gasteiger partial charge in [0.2, 0.25) is 0 Å². The Hall–Kier alpha value is -0.492. The quantitative estimate of drug-likeness (QED) is 0.738. The van der Waals surface area contributed by atoms with Crippen LogP contribution in [-0.4, -0.2) is 9.35 Å². The number of hydrogen-bond donors (Lipinski definition) is 0. The van der Waals surface area contributed by atoms with Gasteiger partial charge in [0.1, 0.15) is 0 Å². The molecule has 0 bridgehead atoms. The Morgan fingerprint density at radius 2 is 1.64 bits per heavy atom. The molecule has 1 aliphatic rings. The average Bonchev–Trinajstić information content (AvgIpc) is 2.55. The van der Waals surface area contributed by atoms with E-state index in [0.717, 1.165) is 9.35 Å². The molecule has 0 spiro atoms. The first-order valence-electron chi connectivity index (χ1n) is 3.25. The number of rotatable bonds is 3. The normalized spacial score (nSPS) is 18.6. The summed E-state index contributed by atoms with van der Waals surface area (Å²) in [4.78, 5) is 21.3. The second kappa shape index (κ2) is 3.27. The molecule has 0 atom stereocenters. The van der Waals surface area contributed by atoms with E-state index in [9.17, 15) is 9.59 Å². The van der Waals surface area contributed by atoms with Crippen molar-refractivity contribution in [1.82, 2.24) is 0 Å². The molecule has 0 aliphatic heterocycles. The molecule has 11 heavy (non-hydrogen) atoms. The minimum absolute atomic E-state index is 0.150. The molecule has 0 unspecified atom stereocenters. The third kappa shape index (κ3) is 1.56. The summed E-state index contributed by atoms with van der Waals surface area (Å²) in [7, 11) is 0. The van der Waals surface area contributed by atoms with Gasteiger partial charge in [0.25, 0.3) is 0 Å². The second-order valence-electron chi connectivity index (χ2n) is 2.54. The van der Waals surface area contributed by atoms with Crippen molar-refractivity contribution >= 4 is 9.35 Å². The summed E-state index contributed by atoms with van der Waals surface area (Å²) >= 11 is -3.01. The molecule has 60 valence electrons. The molecule has 0 aromatic carbocycles. The molecular formula is C8H10O2W. The van der Waals surface area contributed by atoms with Gasteiger partial charge in [-0.2, -0.15) is 0 Å². The van der Waals surface area contributed by atoms with Crippen LogP contribution in [-0.2, 0) is 25.6 Å². The first kappa shape index (κ1) is 8.60. The van der Waals surface area contributed by atoms with Gasteiger partial charge < -0.3 is 0 Å². The summed E-state index contributed by atoms with van der Waals surface area (Å²) in [6, 6.07) is 0. The molecule has 0 aromatic heterocycles. The molecule has 0 amide bonds. The van der Waals surface area contributed by atoms with Crippen molar-refractivity contribution in [3.8, 4) is 0 Å². The summed E-state index contributed by atoms with van der Waals surface area (Å²) in [6.07, 6.45) is 7.68. The first-order valence-corrected chi connectivity index (χ1v) is 11.3. The van der Waals surface area contributed by atoms with Crippen molar-refractivity contribution in [3.63, 3.8) is 0 Å². The monoisotopic (exact) mass is 322 g/mol. The van der Waals surface area contributed by atoms with E-state index in [1.165, 1.54) is 0 Å². The zero-order chi connectivity index (χ0) is 8.32. The van der Waals surface area contributed by atoms with E-state index >= 15 is 0 Å². The molecular weight excluding hydrogens is 312 g/mol. The Morgan fingerprint density at radius 1 is 1.18 bits per heavy atom. The maximum atomic E-state index is 10.6. The number of carbonyl (C=O) groups is 2. The zero-order valence-electron chi connectivity index (χ0n) is 6.27. The van der Waals surface area contributed by atoms with Crippen molar-refractivity contribution in [2.75, 3.05) is 0 Å². The molecule has 0 aromatic rings. The van der Waals surface area contributed by atoms with Gasteiger partial charge in [0, 0.05) is 0 Å². The van der Waals surface area contributed by atoms with E-state index < -0.39 is 16.1 Å². The topological polar surface area (TPSA) is 34.1 Å². The number of allylic oxidation sites excluding steroid dienone is 4. The van der Waals surface area contributed by atoms with Gasteiger partial charge in [0.15, 0.2) is 0 Å². The van der Waals surface area contributed by atoms with Crippen molar-refractivity contribution < 1.29 is 25.6 Å². The average molecular weight is 322 g/mol. The molecule has 0 saturated carbocycles. The van der Waals surface area contributed by atoms with E-state index in [1.807, 2.05) is 29.6 Å². The number of hydrogen-bond acceptors (Lipinski definition) is 2. The SMILES string of the molecule is [CH3][W]([CH]=O)([CH]=O)[CH]1C=CC=C1. The molecule has 2 nitrogen and oxygen atoms in total. The van der Waals surface area contributed by atoms with Crippen LogP contribution in [0.2, 0.25) is 9.62 Å². The fourth-order valence-electron chi connectivity index (χ4n) is 0.901. The second-order valence-corrected chi connectivity index (χ2v) is 13.9. The Kier molecular flexibility index (Phi) is 2.56. The van der Waals surface area contributed by atoms with Crippen molar-refractivity contribution in [2.45, 2.75) is 9.62 Å². The molecule has 0 fully saturated rings. The van der Waals surface area contributed by atoms with E-state index in [-0.39, 0.29) is 4.31 Å². The van der Waals surface area contributed by atoms with Crippen molar-refractivity contribution in [2.24, 2.45) is 0 Å². The van der Waals surface area contributed by atoms with Gasteiger partial charge in [-0.05, 0) is 0 Å². The van der Waals surface area contributed by atoms with Gasteiger partial charge >= 0.3 is 68.9 Å². The fraction of sp³-hybridized carbons (Fsp3) is 0.250. The van der Waals surface area contributed by atoms with Gasteiger partial charge in [-0.25, -0.2) is 0 Å². The first-order chi connectivity index (χ1) is 5.23. The van der Waals surface area contributed by atoms with Crippen LogP contribution in [0.15, 0.2) is 24.3 Å². The van der Waals surface area contributed by atoms with Gasteiger partial charge in [-0.15, -0.1) is 0 Å². The van der Waals surface area contributed by atoms with Crippen LogP contribution in [0.3, 0.4) is 0 Å². The van der Waals surface area contributed by atoms with E-state index in [4.69, 9.17) is 0 Å². The predicted molar refractivity (Wildman–Crippen MR) is 41.4 cm³/mol. The van der Waals surface area contributed by atoms with Gasteiger partial charge in [0.05, 0.1) is 0 Å². The molecule has 1 aliphatic carbocycles. The summed E-state index contributed by atoms with van der Waals surface area (Å²) in [5.74, 6) is 0. The fourth-order valence-corrected chi connectivity index (χ4v) is 5.07. The zero-order valence-corrected chi connectivity index (χ0v) is 9.20. The maximum absolute atomic E-state index is 10.6. The van der Waals surface area contributed by atoms with E-state index in [1.54, 1.807) is 0 Å². The van der Waals surface area contributed by atoms with Crippen LogP contribution in [0.5, 0.6) is 0 Å². The molecule has 3 heteroatoms. The molecule has 0 heterocycles. The summed E-state index contributed by atoms with van der Waals surface area (Å²) < 4.78 is 1.97. The molecule has 0 saturated heterocycles. The van der Waals surface area contributed by atoms with Crippen LogP contribution in [0.25, 0.3) is 0 Å². The van der Waals surface area contributed by atoms with Crippen LogP contribution < -0.4 is 0 Å². The van der Waals surface area contributed by atoms with Gasteiger partial charge in [-0.1, -0.05) is 0 Å². The minimum atomic E-state index is -3.01. The predicted octanol–water partition coefficient (Wildman–Crippen LogP) is 1.48. The van der Waals surface area contributed by atoms with Crippen LogP contribution in [0.4, 0.5) is 0 Å². The van der Waals surface area contributed by atoms with Gasteiger partial charge in [-0.3, -0.25) is 0 Å². The number of carbonyl (C=O) groups excluding carboxylic acids is 2. The standard InChI is InChI=1S/C5H5.2CHO.CH3.W/c1-2-4-5-3-1;2*1-2;;/h1-5H;2*1H;1H3;. The molecule has 1 rings (SSSR count). The third-order valence-corrected chi connectivity index (χ3v) is 10.0. The van der Waals surface area contributed by atoms with Crippen LogP contribution in [0, 0.1) is 0 Å². The third-order valence-electron chi connectivity index (χ3n) is 1.71. The molecule has 0 N–H and O–H groups in total. The Bertz CT molecular complexity index is 210. The van der Waals surface area contributed by atoms with Crippen molar-refractivity contribution in [3.05, 3.63) is 24.3 Å². The van der Waals surface area contributed by atoms with Crippen LogP contribution >= 0.6 is 0 Å². The van der Waals surface area contributed by atoms with Crippen LogP contribution in [0.1, 0.15) is 0 Å². The van der Waals surface area contributed by atoms with Crippen molar-refractivity contribution in [1.29, 1.82) is 0 Å². The Balaban J connectivity index is 2.85. The Labute approximate surface area is 69.2 Å². The summed E-state index contributed by atoms with van der Waals surface area (Å²) in [5.41, 5.74) is 0. The Morgan fingerprint density at radius 3 is 2.00 bits per heavy atom.